The van der Waals surface area contributed by atoms with Crippen molar-refractivity contribution in [2.45, 2.75) is 46.5 Å². The Kier molecular flexibility index (Phi) is 3.66. The van der Waals surface area contributed by atoms with E-state index >= 15 is 0 Å². The Morgan fingerprint density at radius 2 is 1.76 bits per heavy atom. The summed E-state index contributed by atoms with van der Waals surface area (Å²) in [7, 11) is 0. The Morgan fingerprint density at radius 1 is 1.12 bits per heavy atom. The molecule has 1 aliphatic rings. The van der Waals surface area contributed by atoms with Crippen LogP contribution in [-0.2, 0) is 0 Å². The van der Waals surface area contributed by atoms with Crippen LogP contribution in [0, 0.1) is 25.7 Å². The summed E-state index contributed by atoms with van der Waals surface area (Å²) < 4.78 is 0. The minimum absolute atomic E-state index is 0.264. The molecule has 0 N–H and O–H groups in total. The fourth-order valence-corrected chi connectivity index (χ4v) is 3.02. The summed E-state index contributed by atoms with van der Waals surface area (Å²) >= 11 is 0. The van der Waals surface area contributed by atoms with Crippen LogP contribution < -0.4 is 0 Å². The third kappa shape index (κ3) is 2.96. The van der Waals surface area contributed by atoms with E-state index in [4.69, 9.17) is 0 Å². The predicted molar refractivity (Wildman–Crippen MR) is 71.4 cm³/mol. The SMILES string of the molecule is Cc1cc(C)cc(C(=O)C2CCCC(C)C2)c1. The molecule has 0 heterocycles. The zero-order valence-corrected chi connectivity index (χ0v) is 11.1. The van der Waals surface area contributed by atoms with Crippen molar-refractivity contribution in [3.05, 3.63) is 34.9 Å². The van der Waals surface area contributed by atoms with E-state index in [1.165, 1.54) is 24.0 Å². The van der Waals surface area contributed by atoms with E-state index < -0.39 is 0 Å². The van der Waals surface area contributed by atoms with Crippen molar-refractivity contribution < 1.29 is 4.79 Å². The summed E-state index contributed by atoms with van der Waals surface area (Å²) in [6, 6.07) is 6.20. The van der Waals surface area contributed by atoms with E-state index in [-0.39, 0.29) is 5.92 Å². The molecule has 0 saturated heterocycles. The van der Waals surface area contributed by atoms with Gasteiger partial charge in [-0.15, -0.1) is 0 Å². The highest BCUT2D eigenvalue weighted by molar-refractivity contribution is 5.98. The number of aryl methyl sites for hydroxylation is 2. The van der Waals surface area contributed by atoms with Crippen LogP contribution in [0.3, 0.4) is 0 Å². The molecule has 0 aliphatic heterocycles. The van der Waals surface area contributed by atoms with Gasteiger partial charge in [-0.3, -0.25) is 4.79 Å². The van der Waals surface area contributed by atoms with Gasteiger partial charge in [-0.2, -0.15) is 0 Å². The lowest BCUT2D eigenvalue weighted by atomic mass is 9.78. The molecule has 1 aromatic rings. The van der Waals surface area contributed by atoms with E-state index in [9.17, 15) is 4.79 Å². The standard InChI is InChI=1S/C16H22O/c1-11-5-4-6-14(8-11)16(17)15-9-12(2)7-13(3)10-15/h7,9-11,14H,4-6,8H2,1-3H3. The molecule has 92 valence electrons. The maximum atomic E-state index is 12.4. The van der Waals surface area contributed by atoms with E-state index in [1.54, 1.807) is 0 Å². The molecule has 2 unspecified atom stereocenters. The van der Waals surface area contributed by atoms with Gasteiger partial charge in [-0.25, -0.2) is 0 Å². The predicted octanol–water partition coefficient (Wildman–Crippen LogP) is 4.31. The largest absolute Gasteiger partial charge is 0.294 e. The monoisotopic (exact) mass is 230 g/mol. The molecule has 1 nitrogen and oxygen atoms in total. The van der Waals surface area contributed by atoms with Gasteiger partial charge in [-0.1, -0.05) is 37.0 Å². The fourth-order valence-electron chi connectivity index (χ4n) is 3.02. The Morgan fingerprint density at radius 3 is 2.35 bits per heavy atom. The summed E-state index contributed by atoms with van der Waals surface area (Å²) in [6.45, 7) is 6.39. The molecule has 17 heavy (non-hydrogen) atoms. The fraction of sp³-hybridized carbons (Fsp3) is 0.562. The molecule has 2 atom stereocenters. The number of carbonyl (C=O) groups excluding carboxylic acids is 1. The Balaban J connectivity index is 2.18. The summed E-state index contributed by atoms with van der Waals surface area (Å²) in [4.78, 5) is 12.4. The van der Waals surface area contributed by atoms with Crippen molar-refractivity contribution >= 4 is 5.78 Å². The molecule has 0 bridgehead atoms. The number of hydrogen-bond donors (Lipinski definition) is 0. The summed E-state index contributed by atoms with van der Waals surface area (Å²) in [5.41, 5.74) is 3.30. The van der Waals surface area contributed by atoms with Crippen molar-refractivity contribution in [1.29, 1.82) is 0 Å². The van der Waals surface area contributed by atoms with Crippen molar-refractivity contribution in [3.8, 4) is 0 Å². The van der Waals surface area contributed by atoms with Gasteiger partial charge in [0.1, 0.15) is 0 Å². The molecular weight excluding hydrogens is 208 g/mol. The first-order chi connectivity index (χ1) is 8.06. The van der Waals surface area contributed by atoms with E-state index in [0.29, 0.717) is 11.7 Å². The number of rotatable bonds is 2. The van der Waals surface area contributed by atoms with Gasteiger partial charge >= 0.3 is 0 Å². The van der Waals surface area contributed by atoms with Gasteiger partial charge < -0.3 is 0 Å². The van der Waals surface area contributed by atoms with Crippen molar-refractivity contribution in [2.24, 2.45) is 11.8 Å². The maximum Gasteiger partial charge on any atom is 0.165 e. The van der Waals surface area contributed by atoms with Crippen molar-refractivity contribution in [2.75, 3.05) is 0 Å². The number of hydrogen-bond acceptors (Lipinski definition) is 1. The highest BCUT2D eigenvalue weighted by Gasteiger charge is 2.25. The molecule has 1 fully saturated rings. The van der Waals surface area contributed by atoms with Crippen molar-refractivity contribution in [1.82, 2.24) is 0 Å². The molecule has 1 aromatic carbocycles. The van der Waals surface area contributed by atoms with Crippen LogP contribution >= 0.6 is 0 Å². The quantitative estimate of drug-likeness (QED) is 0.692. The molecule has 0 amide bonds. The molecule has 1 saturated carbocycles. The van der Waals surface area contributed by atoms with Crippen LogP contribution in [-0.4, -0.2) is 5.78 Å². The first-order valence-electron chi connectivity index (χ1n) is 6.69. The zero-order valence-electron chi connectivity index (χ0n) is 11.1. The summed E-state index contributed by atoms with van der Waals surface area (Å²) in [6.07, 6.45) is 4.65. The molecule has 0 radical (unpaired) electrons. The van der Waals surface area contributed by atoms with Gasteiger partial charge in [0, 0.05) is 11.5 Å². The molecule has 0 aromatic heterocycles. The van der Waals surface area contributed by atoms with Gasteiger partial charge in [0.2, 0.25) is 0 Å². The average molecular weight is 230 g/mol. The Labute approximate surface area is 104 Å². The first kappa shape index (κ1) is 12.3. The number of ketones is 1. The second kappa shape index (κ2) is 5.03. The third-order valence-electron chi connectivity index (χ3n) is 3.81. The lowest BCUT2D eigenvalue weighted by Crippen LogP contribution is -2.22. The van der Waals surface area contributed by atoms with Crippen LogP contribution in [0.15, 0.2) is 18.2 Å². The number of carbonyl (C=O) groups is 1. The summed E-state index contributed by atoms with van der Waals surface area (Å²) in [5.74, 6) is 1.34. The minimum Gasteiger partial charge on any atom is -0.294 e. The third-order valence-corrected chi connectivity index (χ3v) is 3.81. The maximum absolute atomic E-state index is 12.4. The van der Waals surface area contributed by atoms with Crippen LogP contribution in [0.4, 0.5) is 0 Å². The smallest absolute Gasteiger partial charge is 0.165 e. The van der Waals surface area contributed by atoms with Crippen LogP contribution in [0.5, 0.6) is 0 Å². The molecular formula is C16H22O. The van der Waals surface area contributed by atoms with E-state index in [0.717, 1.165) is 18.4 Å². The summed E-state index contributed by atoms with van der Waals surface area (Å²) in [5, 5.41) is 0. The Bertz CT molecular complexity index is 399. The number of benzene rings is 1. The van der Waals surface area contributed by atoms with Crippen molar-refractivity contribution in [3.63, 3.8) is 0 Å². The van der Waals surface area contributed by atoms with Gasteiger partial charge in [-0.05, 0) is 44.7 Å². The molecule has 1 aliphatic carbocycles. The van der Waals surface area contributed by atoms with Gasteiger partial charge in [0.15, 0.2) is 5.78 Å². The molecule has 0 spiro atoms. The highest BCUT2D eigenvalue weighted by atomic mass is 16.1. The lowest BCUT2D eigenvalue weighted by molar-refractivity contribution is 0.0868. The van der Waals surface area contributed by atoms with E-state index in [2.05, 4.69) is 26.8 Å². The van der Waals surface area contributed by atoms with Crippen LogP contribution in [0.25, 0.3) is 0 Å². The van der Waals surface area contributed by atoms with Gasteiger partial charge in [0.05, 0.1) is 0 Å². The lowest BCUT2D eigenvalue weighted by Gasteiger charge is -2.25. The Hall–Kier alpha value is -1.11. The first-order valence-corrected chi connectivity index (χ1v) is 6.69. The topological polar surface area (TPSA) is 17.1 Å². The van der Waals surface area contributed by atoms with Crippen LogP contribution in [0.1, 0.15) is 54.1 Å². The average Bonchev–Trinajstić information content (AvgIpc) is 2.26. The molecule has 2 rings (SSSR count). The highest BCUT2D eigenvalue weighted by Crippen LogP contribution is 2.31. The second-order valence-corrected chi connectivity index (χ2v) is 5.71. The van der Waals surface area contributed by atoms with Crippen LogP contribution in [0.2, 0.25) is 0 Å². The van der Waals surface area contributed by atoms with Gasteiger partial charge in [0.25, 0.3) is 0 Å². The van der Waals surface area contributed by atoms with E-state index in [1.807, 2.05) is 12.1 Å². The minimum atomic E-state index is 0.264. The zero-order chi connectivity index (χ0) is 12.4. The normalized spacial score (nSPS) is 24.6. The second-order valence-electron chi connectivity index (χ2n) is 5.71. The number of Topliss-reactive ketones (excluding diaryl/α,β-unsaturated/α-hetero) is 1. The molecule has 1 heteroatoms.